The van der Waals surface area contributed by atoms with Gasteiger partial charge in [-0.05, 0) is 20.0 Å². The summed E-state index contributed by atoms with van der Waals surface area (Å²) in [6, 6.07) is 0.556. The molecule has 0 N–H and O–H groups in total. The van der Waals surface area contributed by atoms with Crippen molar-refractivity contribution in [1.82, 2.24) is 4.90 Å². The summed E-state index contributed by atoms with van der Waals surface area (Å²) in [5.41, 5.74) is 0. The molecule has 0 rings (SSSR count). The van der Waals surface area contributed by atoms with E-state index in [1.807, 2.05) is 0 Å². The van der Waals surface area contributed by atoms with Crippen molar-refractivity contribution < 1.29 is 4.74 Å². The molecule has 10 heavy (non-hydrogen) atoms. The van der Waals surface area contributed by atoms with Crippen LogP contribution in [0.2, 0.25) is 0 Å². The zero-order chi connectivity index (χ0) is 7.98. The molecule has 0 heterocycles. The van der Waals surface area contributed by atoms with Crippen LogP contribution in [0.15, 0.2) is 0 Å². The Morgan fingerprint density at radius 1 is 1.30 bits per heavy atom. The Morgan fingerprint density at radius 3 is 2.10 bits per heavy atom. The Morgan fingerprint density at radius 2 is 1.80 bits per heavy atom. The first-order chi connectivity index (χ1) is 4.76. The Hall–Kier alpha value is -0.0800. The number of ether oxygens (including phenoxy) is 1. The molecule has 2 nitrogen and oxygen atoms in total. The van der Waals surface area contributed by atoms with Crippen LogP contribution in [0.1, 0.15) is 20.8 Å². The Labute approximate surface area is 64.2 Å². The van der Waals surface area contributed by atoms with Gasteiger partial charge < -0.3 is 4.74 Å². The van der Waals surface area contributed by atoms with E-state index in [0.29, 0.717) is 6.04 Å². The summed E-state index contributed by atoms with van der Waals surface area (Å²) in [4.78, 5) is 2.38. The lowest BCUT2D eigenvalue weighted by atomic mass is 10.3. The van der Waals surface area contributed by atoms with Crippen LogP contribution in [-0.2, 0) is 4.74 Å². The van der Waals surface area contributed by atoms with E-state index in [1.54, 1.807) is 7.11 Å². The summed E-state index contributed by atoms with van der Waals surface area (Å²) in [5.74, 6) is 0. The number of methoxy groups -OCH3 is 1. The monoisotopic (exact) mass is 145 g/mol. The van der Waals surface area contributed by atoms with Crippen LogP contribution in [0, 0.1) is 0 Å². The molecule has 2 heteroatoms. The molecule has 0 aliphatic carbocycles. The number of rotatable bonds is 5. The molecule has 1 unspecified atom stereocenters. The van der Waals surface area contributed by atoms with Gasteiger partial charge in [-0.3, -0.25) is 4.90 Å². The molecule has 0 aromatic heterocycles. The van der Waals surface area contributed by atoms with E-state index in [1.165, 1.54) is 0 Å². The smallest absolute Gasteiger partial charge is 0.0615 e. The largest absolute Gasteiger partial charge is 0.383 e. The van der Waals surface area contributed by atoms with Crippen LogP contribution in [0.4, 0.5) is 0 Å². The minimum atomic E-state index is 0.556. The highest BCUT2D eigenvalue weighted by atomic mass is 16.5. The molecular weight excluding hydrogens is 126 g/mol. The standard InChI is InChI=1S/C8H19NO/c1-5-9(6-2)8(3)7-10-4/h8H,5-7H2,1-4H3. The number of hydrogen-bond acceptors (Lipinski definition) is 2. The van der Waals surface area contributed by atoms with Crippen molar-refractivity contribution in [2.75, 3.05) is 26.8 Å². The molecule has 0 aliphatic heterocycles. The first-order valence-electron chi connectivity index (χ1n) is 3.99. The van der Waals surface area contributed by atoms with Gasteiger partial charge in [0.25, 0.3) is 0 Å². The zero-order valence-electron chi connectivity index (χ0n) is 7.55. The van der Waals surface area contributed by atoms with Crippen LogP contribution in [0.25, 0.3) is 0 Å². The lowest BCUT2D eigenvalue weighted by Gasteiger charge is -2.25. The second kappa shape index (κ2) is 5.69. The maximum atomic E-state index is 5.05. The van der Waals surface area contributed by atoms with Crippen molar-refractivity contribution in [2.24, 2.45) is 0 Å². The average Bonchev–Trinajstić information content (AvgIpc) is 1.91. The first-order valence-corrected chi connectivity index (χ1v) is 3.99. The van der Waals surface area contributed by atoms with Gasteiger partial charge in [0.15, 0.2) is 0 Å². The fraction of sp³-hybridized carbons (Fsp3) is 1.00. The van der Waals surface area contributed by atoms with Crippen LogP contribution >= 0.6 is 0 Å². The maximum absolute atomic E-state index is 5.05. The number of likely N-dealkylation sites (N-methyl/N-ethyl adjacent to an activating group) is 1. The summed E-state index contributed by atoms with van der Waals surface area (Å²) >= 11 is 0. The molecule has 0 spiro atoms. The lowest BCUT2D eigenvalue weighted by molar-refractivity contribution is 0.106. The van der Waals surface area contributed by atoms with Gasteiger partial charge in [-0.1, -0.05) is 13.8 Å². The molecule has 0 amide bonds. The normalized spacial score (nSPS) is 14.1. The molecule has 0 bridgehead atoms. The van der Waals surface area contributed by atoms with Gasteiger partial charge in [-0.25, -0.2) is 0 Å². The van der Waals surface area contributed by atoms with Crippen molar-refractivity contribution in [3.8, 4) is 0 Å². The molecule has 0 aliphatic rings. The van der Waals surface area contributed by atoms with E-state index in [4.69, 9.17) is 4.74 Å². The summed E-state index contributed by atoms with van der Waals surface area (Å²) in [6.07, 6.45) is 0. The van der Waals surface area contributed by atoms with Gasteiger partial charge in [0.2, 0.25) is 0 Å². The summed E-state index contributed by atoms with van der Waals surface area (Å²) in [6.45, 7) is 9.60. The van der Waals surface area contributed by atoms with Gasteiger partial charge in [0.1, 0.15) is 0 Å². The van der Waals surface area contributed by atoms with Gasteiger partial charge in [-0.15, -0.1) is 0 Å². The Bertz CT molecular complexity index is 71.7. The second-order valence-corrected chi connectivity index (χ2v) is 2.53. The molecule has 0 radical (unpaired) electrons. The average molecular weight is 145 g/mol. The number of nitrogens with zero attached hydrogens (tertiary/aromatic N) is 1. The highest BCUT2D eigenvalue weighted by Gasteiger charge is 2.07. The molecular formula is C8H19NO. The van der Waals surface area contributed by atoms with Crippen molar-refractivity contribution in [1.29, 1.82) is 0 Å². The quantitative estimate of drug-likeness (QED) is 0.579. The third-order valence-corrected chi connectivity index (χ3v) is 1.84. The number of hydrogen-bond donors (Lipinski definition) is 0. The molecule has 0 saturated carbocycles. The van der Waals surface area contributed by atoms with Gasteiger partial charge in [0, 0.05) is 13.2 Å². The van der Waals surface area contributed by atoms with E-state index in [0.717, 1.165) is 19.7 Å². The van der Waals surface area contributed by atoms with Gasteiger partial charge in [-0.2, -0.15) is 0 Å². The molecule has 0 fully saturated rings. The Kier molecular flexibility index (Phi) is 5.64. The SMILES string of the molecule is CCN(CC)C(C)COC. The van der Waals surface area contributed by atoms with E-state index < -0.39 is 0 Å². The van der Waals surface area contributed by atoms with Crippen LogP contribution in [0.3, 0.4) is 0 Å². The summed E-state index contributed by atoms with van der Waals surface area (Å²) < 4.78 is 5.05. The Balaban J connectivity index is 3.53. The molecule has 0 aromatic carbocycles. The molecule has 0 saturated heterocycles. The predicted molar refractivity (Wildman–Crippen MR) is 44.3 cm³/mol. The summed E-state index contributed by atoms with van der Waals surface area (Å²) in [5, 5.41) is 0. The van der Waals surface area contributed by atoms with Crippen molar-refractivity contribution in [2.45, 2.75) is 26.8 Å². The van der Waals surface area contributed by atoms with Crippen LogP contribution in [0.5, 0.6) is 0 Å². The highest BCUT2D eigenvalue weighted by Crippen LogP contribution is 1.97. The van der Waals surface area contributed by atoms with E-state index in [9.17, 15) is 0 Å². The lowest BCUT2D eigenvalue weighted by Crippen LogP contribution is -2.35. The van der Waals surface area contributed by atoms with Crippen molar-refractivity contribution in [3.63, 3.8) is 0 Å². The maximum Gasteiger partial charge on any atom is 0.0615 e. The third kappa shape index (κ3) is 3.18. The summed E-state index contributed by atoms with van der Waals surface area (Å²) in [7, 11) is 1.75. The highest BCUT2D eigenvalue weighted by molar-refractivity contribution is 4.62. The predicted octanol–water partition coefficient (Wildman–Crippen LogP) is 1.36. The second-order valence-electron chi connectivity index (χ2n) is 2.53. The van der Waals surface area contributed by atoms with Crippen molar-refractivity contribution >= 4 is 0 Å². The first kappa shape index (κ1) is 9.92. The van der Waals surface area contributed by atoms with Crippen molar-refractivity contribution in [3.05, 3.63) is 0 Å². The zero-order valence-corrected chi connectivity index (χ0v) is 7.55. The van der Waals surface area contributed by atoms with Crippen LogP contribution in [-0.4, -0.2) is 37.7 Å². The van der Waals surface area contributed by atoms with E-state index in [-0.39, 0.29) is 0 Å². The van der Waals surface area contributed by atoms with E-state index >= 15 is 0 Å². The van der Waals surface area contributed by atoms with E-state index in [2.05, 4.69) is 25.7 Å². The molecule has 0 aromatic rings. The fourth-order valence-corrected chi connectivity index (χ4v) is 1.19. The minimum absolute atomic E-state index is 0.556. The molecule has 62 valence electrons. The fourth-order valence-electron chi connectivity index (χ4n) is 1.19. The third-order valence-electron chi connectivity index (χ3n) is 1.84. The van der Waals surface area contributed by atoms with Gasteiger partial charge >= 0.3 is 0 Å². The van der Waals surface area contributed by atoms with Gasteiger partial charge in [0.05, 0.1) is 6.61 Å². The molecule has 1 atom stereocenters. The minimum Gasteiger partial charge on any atom is -0.383 e. The van der Waals surface area contributed by atoms with Crippen LogP contribution < -0.4 is 0 Å². The topological polar surface area (TPSA) is 12.5 Å².